The van der Waals surface area contributed by atoms with E-state index >= 15 is 0 Å². The van der Waals surface area contributed by atoms with Crippen molar-refractivity contribution in [3.63, 3.8) is 0 Å². The van der Waals surface area contributed by atoms with Crippen molar-refractivity contribution >= 4 is 23.2 Å². The standard InChI is InChI=1S/C31H42N2O4S/c1-35-28(34)17-14-22-12-5-6-13-23(22)19-24-26-15-16-27(37-26)29(24)30-33-25(20-36-30)31(38)32-18-8-7-11-21-9-3-2-4-10-21/h5-6,12-13,20-21,24,26-27,29H,2-4,7-11,14-19H2,1H3,(H,32,38)/t24-,26-,27+,29-/m0/s1. The van der Waals surface area contributed by atoms with Crippen LogP contribution in [-0.2, 0) is 27.1 Å². The van der Waals surface area contributed by atoms with Crippen molar-refractivity contribution in [3.05, 3.63) is 53.2 Å². The molecule has 1 aromatic carbocycles. The number of fused-ring (bicyclic) bond motifs is 2. The minimum atomic E-state index is -0.179. The second kappa shape index (κ2) is 13.2. The van der Waals surface area contributed by atoms with Gasteiger partial charge < -0.3 is 19.2 Å². The Hall–Kier alpha value is -2.25. The molecule has 0 radical (unpaired) electrons. The van der Waals surface area contributed by atoms with Crippen molar-refractivity contribution in [2.45, 2.75) is 102 Å². The lowest BCUT2D eigenvalue weighted by Gasteiger charge is -2.26. The summed E-state index contributed by atoms with van der Waals surface area (Å²) in [6.45, 7) is 0.885. The van der Waals surface area contributed by atoms with E-state index in [0.717, 1.165) is 49.7 Å². The smallest absolute Gasteiger partial charge is 0.305 e. The van der Waals surface area contributed by atoms with Crippen LogP contribution in [0.15, 0.2) is 34.9 Å². The van der Waals surface area contributed by atoms with Crippen LogP contribution < -0.4 is 5.32 Å². The highest BCUT2D eigenvalue weighted by Gasteiger charge is 2.51. The van der Waals surface area contributed by atoms with Crippen LogP contribution in [0.3, 0.4) is 0 Å². The van der Waals surface area contributed by atoms with Gasteiger partial charge in [-0.15, -0.1) is 0 Å². The van der Waals surface area contributed by atoms with E-state index < -0.39 is 0 Å². The minimum Gasteiger partial charge on any atom is -0.469 e. The van der Waals surface area contributed by atoms with Gasteiger partial charge in [-0.25, -0.2) is 4.98 Å². The average Bonchev–Trinajstić information content (AvgIpc) is 3.70. The van der Waals surface area contributed by atoms with Crippen molar-refractivity contribution in [1.82, 2.24) is 10.3 Å². The summed E-state index contributed by atoms with van der Waals surface area (Å²) in [6, 6.07) is 8.39. The number of rotatable bonds is 12. The van der Waals surface area contributed by atoms with Gasteiger partial charge in [0.25, 0.3) is 0 Å². The van der Waals surface area contributed by atoms with Crippen molar-refractivity contribution in [2.75, 3.05) is 13.7 Å². The fraction of sp³-hybridized carbons (Fsp3) is 0.645. The van der Waals surface area contributed by atoms with Crippen LogP contribution in [-0.4, -0.2) is 41.8 Å². The van der Waals surface area contributed by atoms with Gasteiger partial charge in [-0.05, 0) is 49.1 Å². The highest BCUT2D eigenvalue weighted by atomic mass is 32.1. The maximum absolute atomic E-state index is 11.7. The van der Waals surface area contributed by atoms with Gasteiger partial charge in [0.15, 0.2) is 0 Å². The topological polar surface area (TPSA) is 73.6 Å². The molecule has 3 fully saturated rings. The van der Waals surface area contributed by atoms with E-state index in [2.05, 4.69) is 23.5 Å². The zero-order valence-corrected chi connectivity index (χ0v) is 23.5. The van der Waals surface area contributed by atoms with Crippen molar-refractivity contribution < 1.29 is 18.7 Å². The molecule has 5 rings (SSSR count). The maximum atomic E-state index is 11.7. The zero-order valence-electron chi connectivity index (χ0n) is 22.7. The van der Waals surface area contributed by atoms with E-state index in [4.69, 9.17) is 31.1 Å². The van der Waals surface area contributed by atoms with E-state index in [1.807, 2.05) is 6.07 Å². The fourth-order valence-corrected chi connectivity index (χ4v) is 7.04. The number of benzene rings is 1. The van der Waals surface area contributed by atoms with E-state index in [1.165, 1.54) is 63.2 Å². The van der Waals surface area contributed by atoms with Crippen LogP contribution in [0.25, 0.3) is 0 Å². The Morgan fingerprint density at radius 2 is 1.87 bits per heavy atom. The molecule has 0 spiro atoms. The Morgan fingerprint density at radius 1 is 1.08 bits per heavy atom. The molecule has 1 aliphatic carbocycles. The first-order valence-corrected chi connectivity index (χ1v) is 15.1. The lowest BCUT2D eigenvalue weighted by Crippen LogP contribution is -2.28. The van der Waals surface area contributed by atoms with E-state index in [-0.39, 0.29) is 24.1 Å². The average molecular weight is 539 g/mol. The quantitative estimate of drug-likeness (QED) is 0.193. The SMILES string of the molecule is COC(=O)CCc1ccccc1C[C@@H]1[C@H](c2nc(C(=S)NCCCCC3CCCCC3)co2)[C@H]2CC[C@@H]1O2. The Balaban J connectivity index is 1.17. The number of aryl methyl sites for hydroxylation is 1. The van der Waals surface area contributed by atoms with Gasteiger partial charge in [-0.1, -0.05) is 81.4 Å². The number of thiocarbonyl (C=S) groups is 1. The van der Waals surface area contributed by atoms with Crippen LogP contribution in [0.2, 0.25) is 0 Å². The molecule has 1 saturated carbocycles. The first-order chi connectivity index (χ1) is 18.6. The number of unbranched alkanes of at least 4 members (excludes halogenated alkanes) is 1. The minimum absolute atomic E-state index is 0.120. The number of carbonyl (C=O) groups excluding carboxylic acids is 1. The third-order valence-electron chi connectivity index (χ3n) is 8.91. The molecular weight excluding hydrogens is 496 g/mol. The number of esters is 1. The predicted octanol–water partition coefficient (Wildman–Crippen LogP) is 6.30. The molecular formula is C31H42N2O4S. The summed E-state index contributed by atoms with van der Waals surface area (Å²) in [6.07, 6.45) is 16.9. The molecule has 4 atom stereocenters. The molecule has 2 bridgehead atoms. The summed E-state index contributed by atoms with van der Waals surface area (Å²) >= 11 is 5.66. The second-order valence-corrected chi connectivity index (χ2v) is 11.8. The van der Waals surface area contributed by atoms with Crippen molar-refractivity contribution in [2.24, 2.45) is 11.8 Å². The highest BCUT2D eigenvalue weighted by molar-refractivity contribution is 7.80. The summed E-state index contributed by atoms with van der Waals surface area (Å²) < 4.78 is 17.3. The van der Waals surface area contributed by atoms with Gasteiger partial charge in [-0.3, -0.25) is 4.79 Å². The summed E-state index contributed by atoms with van der Waals surface area (Å²) in [5, 5.41) is 3.40. The summed E-state index contributed by atoms with van der Waals surface area (Å²) in [7, 11) is 1.44. The van der Waals surface area contributed by atoms with Gasteiger partial charge in [0.1, 0.15) is 16.9 Å². The number of nitrogens with one attached hydrogen (secondary N) is 1. The van der Waals surface area contributed by atoms with Gasteiger partial charge in [0.05, 0.1) is 25.2 Å². The van der Waals surface area contributed by atoms with Crippen LogP contribution in [0.4, 0.5) is 0 Å². The molecule has 2 aromatic rings. The number of nitrogens with zero attached hydrogens (tertiary/aromatic N) is 1. The van der Waals surface area contributed by atoms with Gasteiger partial charge in [-0.2, -0.15) is 0 Å². The van der Waals surface area contributed by atoms with E-state index in [9.17, 15) is 4.79 Å². The molecule has 7 heteroatoms. The number of carbonyl (C=O) groups is 1. The molecule has 2 aliphatic heterocycles. The third kappa shape index (κ3) is 6.66. The van der Waals surface area contributed by atoms with E-state index in [0.29, 0.717) is 23.7 Å². The largest absolute Gasteiger partial charge is 0.469 e. The fourth-order valence-electron chi connectivity index (χ4n) is 6.84. The lowest BCUT2D eigenvalue weighted by atomic mass is 9.75. The van der Waals surface area contributed by atoms with Crippen LogP contribution in [0.5, 0.6) is 0 Å². The summed E-state index contributed by atoms with van der Waals surface area (Å²) in [5.41, 5.74) is 3.18. The number of oxazole rings is 1. The number of hydrogen-bond acceptors (Lipinski definition) is 6. The first-order valence-electron chi connectivity index (χ1n) is 14.6. The van der Waals surface area contributed by atoms with E-state index in [1.54, 1.807) is 6.26 Å². The molecule has 38 heavy (non-hydrogen) atoms. The Bertz CT molecular complexity index is 1080. The first kappa shape index (κ1) is 27.3. The van der Waals surface area contributed by atoms with Crippen LogP contribution >= 0.6 is 12.2 Å². The Kier molecular flexibility index (Phi) is 9.49. The molecule has 206 valence electrons. The molecule has 2 saturated heterocycles. The van der Waals surface area contributed by atoms with Crippen LogP contribution in [0.1, 0.15) is 99.3 Å². The number of methoxy groups -OCH3 is 1. The molecule has 0 amide bonds. The molecule has 3 aliphatic rings. The van der Waals surface area contributed by atoms with Gasteiger partial charge >= 0.3 is 5.97 Å². The second-order valence-electron chi connectivity index (χ2n) is 11.4. The molecule has 6 nitrogen and oxygen atoms in total. The summed E-state index contributed by atoms with van der Waals surface area (Å²) in [5.74, 6) is 1.91. The van der Waals surface area contributed by atoms with Gasteiger partial charge in [0.2, 0.25) is 5.89 Å². The monoisotopic (exact) mass is 538 g/mol. The number of aromatic nitrogens is 1. The van der Waals surface area contributed by atoms with Gasteiger partial charge in [0, 0.05) is 18.9 Å². The Labute approximate surface area is 232 Å². The number of ether oxygens (including phenoxy) is 2. The molecule has 1 N–H and O–H groups in total. The van der Waals surface area contributed by atoms with Crippen molar-refractivity contribution in [1.29, 1.82) is 0 Å². The molecule has 1 aromatic heterocycles. The molecule has 0 unspecified atom stereocenters. The normalized spacial score (nSPS) is 25.0. The Morgan fingerprint density at radius 3 is 2.68 bits per heavy atom. The summed E-state index contributed by atoms with van der Waals surface area (Å²) in [4.78, 5) is 17.3. The lowest BCUT2D eigenvalue weighted by molar-refractivity contribution is -0.140. The zero-order chi connectivity index (χ0) is 26.3. The van der Waals surface area contributed by atoms with Crippen molar-refractivity contribution in [3.8, 4) is 0 Å². The molecule has 3 heterocycles. The third-order valence-corrected chi connectivity index (χ3v) is 9.27. The highest BCUT2D eigenvalue weighted by Crippen LogP contribution is 2.50. The van der Waals surface area contributed by atoms with Crippen LogP contribution in [0, 0.1) is 11.8 Å². The predicted molar refractivity (Wildman–Crippen MR) is 151 cm³/mol. The number of hydrogen-bond donors (Lipinski definition) is 1. The maximum Gasteiger partial charge on any atom is 0.305 e.